The average Bonchev–Trinajstić information content (AvgIpc) is 3.82. The van der Waals surface area contributed by atoms with Crippen molar-refractivity contribution in [1.29, 1.82) is 0 Å². The normalized spacial score (nSPS) is 17.9. The van der Waals surface area contributed by atoms with Crippen LogP contribution < -0.4 is 16.0 Å². The summed E-state index contributed by atoms with van der Waals surface area (Å²) in [6.07, 6.45) is 7.02. The number of nitrogens with zero attached hydrogens (tertiary/aromatic N) is 7. The highest BCUT2D eigenvalue weighted by molar-refractivity contribution is 9.10. The van der Waals surface area contributed by atoms with Gasteiger partial charge in [0.05, 0.1) is 49.7 Å². The van der Waals surface area contributed by atoms with E-state index in [0.29, 0.717) is 29.2 Å². The van der Waals surface area contributed by atoms with Crippen LogP contribution in [0.4, 0.5) is 0 Å². The molecular weight excluding hydrogens is 923 g/mol. The van der Waals surface area contributed by atoms with Crippen molar-refractivity contribution in [2.75, 3.05) is 100 Å². The number of ketones is 2. The summed E-state index contributed by atoms with van der Waals surface area (Å²) < 4.78 is 15.3. The zero-order chi connectivity index (χ0) is 49.9. The van der Waals surface area contributed by atoms with Crippen molar-refractivity contribution < 1.29 is 38.7 Å². The lowest BCUT2D eigenvalue weighted by atomic mass is 9.77. The predicted molar refractivity (Wildman–Crippen MR) is 266 cm³/mol. The largest absolute Gasteiger partial charge is 0.480 e. The van der Waals surface area contributed by atoms with Gasteiger partial charge in [0.1, 0.15) is 17.2 Å². The molecule has 2 fully saturated rings. The molecule has 2 amide bonds. The Hall–Kier alpha value is -3.60. The lowest BCUT2D eigenvalue weighted by Crippen LogP contribution is -2.38. The molecule has 0 aromatic carbocycles. The Morgan fingerprint density at radius 2 is 1.22 bits per heavy atom. The van der Waals surface area contributed by atoms with Crippen molar-refractivity contribution in [1.82, 2.24) is 49.8 Å². The zero-order valence-electron chi connectivity index (χ0n) is 42.1. The van der Waals surface area contributed by atoms with Crippen LogP contribution in [0.15, 0.2) is 22.9 Å². The Kier molecular flexibility index (Phi) is 24.3. The van der Waals surface area contributed by atoms with Crippen molar-refractivity contribution in [3.05, 3.63) is 51.5 Å². The van der Waals surface area contributed by atoms with E-state index in [2.05, 4.69) is 69.3 Å². The van der Waals surface area contributed by atoms with E-state index in [1.807, 2.05) is 66.2 Å². The number of morpholine rings is 2. The molecule has 2 saturated heterocycles. The number of fused-ring (bicyclic) bond motifs is 2. The fraction of sp³-hybridized carbons (Fsp3) is 0.702. The number of halogens is 1. The van der Waals surface area contributed by atoms with Gasteiger partial charge in [-0.25, -0.2) is 9.97 Å². The van der Waals surface area contributed by atoms with Gasteiger partial charge in [-0.1, -0.05) is 66.6 Å². The van der Waals surface area contributed by atoms with E-state index >= 15 is 0 Å². The van der Waals surface area contributed by atoms with Crippen LogP contribution >= 0.6 is 15.9 Å². The molecule has 5 N–H and O–H groups in total. The lowest BCUT2D eigenvalue weighted by Gasteiger charge is -2.29. The van der Waals surface area contributed by atoms with Crippen LogP contribution in [0.25, 0.3) is 6.08 Å². The molecule has 0 radical (unpaired) electrons. The highest BCUT2D eigenvalue weighted by Gasteiger charge is 2.37. The first-order chi connectivity index (χ1) is 31.6. The number of carbonyl (C=O) groups is 4. The summed E-state index contributed by atoms with van der Waals surface area (Å²) in [4.78, 5) is 66.6. The van der Waals surface area contributed by atoms with Crippen LogP contribution in [0, 0.1) is 22.7 Å². The molecule has 2 aromatic rings. The van der Waals surface area contributed by atoms with Crippen LogP contribution in [0.5, 0.6) is 0 Å². The van der Waals surface area contributed by atoms with Crippen molar-refractivity contribution in [3.63, 3.8) is 0 Å². The number of likely N-dealkylation sites (N-methyl/N-ethyl adjacent to an activating group) is 2. The molecule has 18 nitrogen and oxygen atoms in total. The molecule has 4 aliphatic rings. The standard InChI is InChI=1S/C23H37N5O3.C16H25BrN4O2.C4H9BO2.C4H9NO/c1-23(2,3)17(22(30)24-4)15-19(29)21-18-16-26(5)9-10-28(18)20(25-21)7-6-8-27-11-13-31-14-12-27;1-16(2,3)10(14(23)18-4)8-12(22)13-11-9-20(5)6-7-21(11)15(17)19-13;1-2-3-4-5(6)7;1-3-6-4-2-5-1/h6-7,17H,8-16H2,1-5H3,(H,24,30);10H,6-9H2,1-5H3,(H,18,23);3-4,6-7H,2H2,1H3;5H,1-4H2/b7-6+;;4-3+;/t17-;10-;;/m11../s1. The van der Waals surface area contributed by atoms with Gasteiger partial charge < -0.3 is 44.6 Å². The third kappa shape index (κ3) is 18.7. The van der Waals surface area contributed by atoms with Gasteiger partial charge >= 0.3 is 7.12 Å². The number of allylic oxidation sites excluding steroid dienone is 1. The van der Waals surface area contributed by atoms with Gasteiger partial charge in [0.25, 0.3) is 0 Å². The average molecular weight is 1000 g/mol. The van der Waals surface area contributed by atoms with Gasteiger partial charge in [-0.2, -0.15) is 0 Å². The topological polar surface area (TPSA) is 209 Å². The molecule has 376 valence electrons. The Bertz CT molecular complexity index is 1940. The first-order valence-corrected chi connectivity index (χ1v) is 24.4. The van der Waals surface area contributed by atoms with E-state index in [1.165, 1.54) is 5.98 Å². The molecule has 2 aromatic heterocycles. The predicted octanol–water partition coefficient (Wildman–Crippen LogP) is 3.30. The molecule has 0 aliphatic carbocycles. The SMILES string of the molecule is C1COCCN1.CC/C=C/B(O)O.CNC(=O)[C@@H](CC(=O)c1nc(/C=C/CN2CCOCC2)n2c1CN(C)CC2)C(C)(C)C.CNC(=O)[C@@H](CC(=O)c1nc(Br)n2c1CN(C)CC2)C(C)(C)C. The number of rotatable bonds is 13. The van der Waals surface area contributed by atoms with E-state index in [0.717, 1.165) is 109 Å². The second-order valence-electron chi connectivity index (χ2n) is 19.5. The zero-order valence-corrected chi connectivity index (χ0v) is 43.7. The number of hydrogen-bond acceptors (Lipinski definition) is 14. The number of Topliss-reactive ketones (excluding diaryl/α,β-unsaturated/α-hetero) is 2. The highest BCUT2D eigenvalue weighted by atomic mass is 79.9. The molecule has 20 heteroatoms. The number of ether oxygens (including phenoxy) is 2. The summed E-state index contributed by atoms with van der Waals surface area (Å²) in [5.74, 6) is 1.05. The van der Waals surface area contributed by atoms with E-state index in [9.17, 15) is 19.2 Å². The summed E-state index contributed by atoms with van der Waals surface area (Å²) >= 11 is 3.44. The molecular formula is C47H80BBrN10O8. The molecule has 0 saturated carbocycles. The van der Waals surface area contributed by atoms with Gasteiger partial charge in [-0.15, -0.1) is 0 Å². The van der Waals surface area contributed by atoms with Crippen LogP contribution in [0.3, 0.4) is 0 Å². The minimum atomic E-state index is -1.28. The molecule has 0 unspecified atom stereocenters. The fourth-order valence-electron chi connectivity index (χ4n) is 7.91. The second kappa shape index (κ2) is 28.2. The monoisotopic (exact) mass is 1000 g/mol. The van der Waals surface area contributed by atoms with Gasteiger partial charge in [0, 0.05) is 98.9 Å². The number of hydrogen-bond donors (Lipinski definition) is 5. The van der Waals surface area contributed by atoms with E-state index in [4.69, 9.17) is 24.5 Å². The van der Waals surface area contributed by atoms with Gasteiger partial charge in [-0.3, -0.25) is 33.9 Å². The summed E-state index contributed by atoms with van der Waals surface area (Å²) in [5.41, 5.74) is 2.28. The molecule has 0 spiro atoms. The van der Waals surface area contributed by atoms with Gasteiger partial charge in [0.2, 0.25) is 11.8 Å². The Balaban J connectivity index is 0.000000286. The van der Waals surface area contributed by atoms with Gasteiger partial charge in [-0.05, 0) is 53.4 Å². The molecule has 6 rings (SSSR count). The highest BCUT2D eigenvalue weighted by Crippen LogP contribution is 2.33. The Labute approximate surface area is 407 Å². The smallest absolute Gasteiger partial charge is 0.424 e. The molecule has 67 heavy (non-hydrogen) atoms. The van der Waals surface area contributed by atoms with E-state index in [-0.39, 0.29) is 53.0 Å². The van der Waals surface area contributed by atoms with Crippen LogP contribution in [-0.4, -0.2) is 175 Å². The third-order valence-corrected chi connectivity index (χ3v) is 12.6. The van der Waals surface area contributed by atoms with Crippen LogP contribution in [0.2, 0.25) is 0 Å². The first kappa shape index (κ1) is 57.7. The Morgan fingerprint density at radius 1 is 0.746 bits per heavy atom. The number of amides is 2. The lowest BCUT2D eigenvalue weighted by molar-refractivity contribution is -0.128. The van der Waals surface area contributed by atoms with Crippen molar-refractivity contribution in [2.45, 2.75) is 93.9 Å². The summed E-state index contributed by atoms with van der Waals surface area (Å²) in [7, 11) is 6.04. The quantitative estimate of drug-likeness (QED) is 0.144. The van der Waals surface area contributed by atoms with E-state index < -0.39 is 13.0 Å². The third-order valence-electron chi connectivity index (χ3n) is 12.0. The maximum Gasteiger partial charge on any atom is 0.480 e. The number of nitrogens with one attached hydrogen (secondary N) is 3. The van der Waals surface area contributed by atoms with Crippen LogP contribution in [0.1, 0.15) is 106 Å². The Morgan fingerprint density at radius 3 is 1.64 bits per heavy atom. The maximum absolute atomic E-state index is 13.3. The summed E-state index contributed by atoms with van der Waals surface area (Å²) in [6, 6.07) is 0. The second-order valence-corrected chi connectivity index (χ2v) is 20.2. The van der Waals surface area contributed by atoms with Crippen LogP contribution in [-0.2, 0) is 45.2 Å². The molecule has 4 aliphatic heterocycles. The van der Waals surface area contributed by atoms with Crippen molar-refractivity contribution in [2.24, 2.45) is 22.7 Å². The fourth-order valence-corrected chi connectivity index (χ4v) is 8.47. The minimum Gasteiger partial charge on any atom is -0.424 e. The minimum absolute atomic E-state index is 0.0598. The van der Waals surface area contributed by atoms with E-state index in [1.54, 1.807) is 20.2 Å². The van der Waals surface area contributed by atoms with Crippen molar-refractivity contribution >= 4 is 52.5 Å². The van der Waals surface area contributed by atoms with Gasteiger partial charge in [0.15, 0.2) is 16.3 Å². The summed E-state index contributed by atoms with van der Waals surface area (Å²) in [6.45, 7) is 26.8. The maximum atomic E-state index is 13.3. The molecule has 0 bridgehead atoms. The number of aromatic nitrogens is 4. The number of imidazole rings is 2. The number of carbonyl (C=O) groups excluding carboxylic acids is 4. The first-order valence-electron chi connectivity index (χ1n) is 23.6. The van der Waals surface area contributed by atoms with Crippen molar-refractivity contribution in [3.8, 4) is 0 Å². The summed E-state index contributed by atoms with van der Waals surface area (Å²) in [5, 5.41) is 24.8. The molecule has 2 atom stereocenters. The molecule has 6 heterocycles.